The predicted molar refractivity (Wildman–Crippen MR) is 65.1 cm³/mol. The van der Waals surface area contributed by atoms with Gasteiger partial charge >= 0.3 is 0 Å². The van der Waals surface area contributed by atoms with Crippen molar-refractivity contribution in [2.75, 3.05) is 13.4 Å². The van der Waals surface area contributed by atoms with Gasteiger partial charge in [0, 0.05) is 17.6 Å². The number of nitrogens with one attached hydrogen (secondary N) is 1. The van der Waals surface area contributed by atoms with Crippen LogP contribution in [0.15, 0.2) is 34.9 Å². The molecule has 0 spiro atoms. The van der Waals surface area contributed by atoms with E-state index in [9.17, 15) is 9.18 Å². The van der Waals surface area contributed by atoms with Crippen molar-refractivity contribution in [3.8, 4) is 0 Å². The molecule has 1 heterocycles. The van der Waals surface area contributed by atoms with E-state index in [-0.39, 0.29) is 18.8 Å². The molecule has 0 aliphatic carbocycles. The molecule has 1 unspecified atom stereocenters. The first-order chi connectivity index (χ1) is 8.76. The van der Waals surface area contributed by atoms with E-state index in [1.165, 1.54) is 0 Å². The molecule has 4 nitrogen and oxygen atoms in total. The molecule has 2 rings (SSSR count). The minimum atomic E-state index is -0.806. The van der Waals surface area contributed by atoms with Crippen LogP contribution in [0.25, 0.3) is 11.0 Å². The number of aliphatic hydroxyl groups is 1. The Kier molecular flexibility index (Phi) is 4.07. The Morgan fingerprint density at radius 1 is 1.44 bits per heavy atom. The van der Waals surface area contributed by atoms with E-state index in [0.29, 0.717) is 11.1 Å². The number of hydrogen-bond donors (Lipinski definition) is 2. The maximum absolute atomic E-state index is 12.3. The highest BCUT2D eigenvalue weighted by Gasteiger charge is 2.19. The number of aliphatic hydroxyl groups excluding tert-OH is 1. The number of carbonyl (C=O) groups is 1. The Bertz CT molecular complexity index is 532. The van der Waals surface area contributed by atoms with Crippen LogP contribution in [0.2, 0.25) is 0 Å². The molecule has 0 fully saturated rings. The maximum Gasteiger partial charge on any atom is 0.180 e. The van der Waals surface area contributed by atoms with Gasteiger partial charge in [-0.05, 0) is 18.6 Å². The van der Waals surface area contributed by atoms with Gasteiger partial charge in [0.05, 0.1) is 12.3 Å². The van der Waals surface area contributed by atoms with Gasteiger partial charge < -0.3 is 9.52 Å². The number of ketones is 1. The van der Waals surface area contributed by atoms with Gasteiger partial charge in [0.2, 0.25) is 0 Å². The summed E-state index contributed by atoms with van der Waals surface area (Å²) in [6, 6.07) is 6.16. The van der Waals surface area contributed by atoms with Gasteiger partial charge in [-0.3, -0.25) is 10.1 Å². The second-order valence-electron chi connectivity index (χ2n) is 3.94. The molecule has 0 saturated carbocycles. The van der Waals surface area contributed by atoms with Crippen LogP contribution in [-0.4, -0.2) is 30.3 Å². The van der Waals surface area contributed by atoms with Crippen molar-refractivity contribution in [3.63, 3.8) is 0 Å². The van der Waals surface area contributed by atoms with Gasteiger partial charge in [-0.2, -0.15) is 0 Å². The lowest BCUT2D eigenvalue weighted by Crippen LogP contribution is -2.37. The second kappa shape index (κ2) is 5.75. The zero-order valence-corrected chi connectivity index (χ0v) is 9.73. The lowest BCUT2D eigenvalue weighted by atomic mass is 10.0. The van der Waals surface area contributed by atoms with Crippen LogP contribution < -0.4 is 5.32 Å². The van der Waals surface area contributed by atoms with E-state index in [4.69, 9.17) is 9.52 Å². The predicted octanol–water partition coefficient (Wildman–Crippen LogP) is 1.88. The molecule has 0 amide bonds. The molecule has 0 saturated heterocycles. The number of carbonyl (C=O) groups excluding carboxylic acids is 1. The summed E-state index contributed by atoms with van der Waals surface area (Å²) in [6.07, 6.45) is 1.73. The largest absolute Gasteiger partial charge is 0.464 e. The highest BCUT2D eigenvalue weighted by molar-refractivity contribution is 6.02. The minimum Gasteiger partial charge on any atom is -0.464 e. The summed E-state index contributed by atoms with van der Waals surface area (Å²) in [7, 11) is 0. The van der Waals surface area contributed by atoms with Crippen LogP contribution in [0.3, 0.4) is 0 Å². The SMILES string of the molecule is O=C(c1ccc2ccoc2c1)C(CCO)NCF. The van der Waals surface area contributed by atoms with E-state index in [2.05, 4.69) is 5.32 Å². The highest BCUT2D eigenvalue weighted by atomic mass is 19.1. The van der Waals surface area contributed by atoms with Crippen LogP contribution in [0, 0.1) is 0 Å². The monoisotopic (exact) mass is 251 g/mol. The van der Waals surface area contributed by atoms with Gasteiger partial charge in [0.1, 0.15) is 12.4 Å². The van der Waals surface area contributed by atoms with Crippen molar-refractivity contribution < 1.29 is 18.7 Å². The van der Waals surface area contributed by atoms with E-state index in [1.807, 2.05) is 0 Å². The molecular weight excluding hydrogens is 237 g/mol. The lowest BCUT2D eigenvalue weighted by molar-refractivity contribution is 0.0914. The third kappa shape index (κ3) is 2.57. The fourth-order valence-electron chi connectivity index (χ4n) is 1.86. The van der Waals surface area contributed by atoms with E-state index >= 15 is 0 Å². The normalized spacial score (nSPS) is 12.8. The molecule has 2 N–H and O–H groups in total. The molecule has 2 aromatic rings. The van der Waals surface area contributed by atoms with Crippen molar-refractivity contribution in [1.82, 2.24) is 5.32 Å². The molecule has 0 bridgehead atoms. The number of hydrogen-bond acceptors (Lipinski definition) is 4. The van der Waals surface area contributed by atoms with E-state index in [1.54, 1.807) is 30.5 Å². The van der Waals surface area contributed by atoms with Crippen molar-refractivity contribution in [2.24, 2.45) is 0 Å². The first-order valence-corrected chi connectivity index (χ1v) is 5.68. The average molecular weight is 251 g/mol. The summed E-state index contributed by atoms with van der Waals surface area (Å²) < 4.78 is 17.5. The van der Waals surface area contributed by atoms with Crippen molar-refractivity contribution >= 4 is 16.8 Å². The van der Waals surface area contributed by atoms with Crippen LogP contribution in [0.1, 0.15) is 16.8 Å². The minimum absolute atomic E-state index is 0.174. The van der Waals surface area contributed by atoms with Gasteiger partial charge in [-0.25, -0.2) is 4.39 Å². The van der Waals surface area contributed by atoms with E-state index in [0.717, 1.165) is 5.39 Å². The number of rotatable bonds is 6. The van der Waals surface area contributed by atoms with Crippen LogP contribution in [-0.2, 0) is 0 Å². The summed E-state index contributed by atoms with van der Waals surface area (Å²) in [6.45, 7) is -0.980. The molecule has 1 aromatic heterocycles. The van der Waals surface area contributed by atoms with Crippen molar-refractivity contribution in [2.45, 2.75) is 12.5 Å². The number of Topliss-reactive ketones (excluding diaryl/α,β-unsaturated/α-hetero) is 1. The lowest BCUT2D eigenvalue weighted by Gasteiger charge is -2.14. The Morgan fingerprint density at radius 3 is 3.00 bits per heavy atom. The Hall–Kier alpha value is -1.72. The molecule has 1 aromatic carbocycles. The summed E-state index contributed by atoms with van der Waals surface area (Å²) in [5.74, 6) is -0.250. The molecular formula is C13H14FNO3. The highest BCUT2D eigenvalue weighted by Crippen LogP contribution is 2.18. The average Bonchev–Trinajstić information content (AvgIpc) is 2.84. The summed E-state index contributed by atoms with van der Waals surface area (Å²) in [5, 5.41) is 12.2. The molecule has 0 radical (unpaired) electrons. The van der Waals surface area contributed by atoms with Crippen molar-refractivity contribution in [3.05, 3.63) is 36.1 Å². The van der Waals surface area contributed by atoms with Gasteiger partial charge in [-0.1, -0.05) is 12.1 Å². The smallest absolute Gasteiger partial charge is 0.180 e. The molecule has 5 heteroatoms. The Labute approximate surface area is 103 Å². The summed E-state index contributed by atoms with van der Waals surface area (Å²) in [5.41, 5.74) is 1.06. The zero-order chi connectivity index (χ0) is 13.0. The molecule has 0 aliphatic rings. The fourth-order valence-corrected chi connectivity index (χ4v) is 1.86. The molecule has 0 aliphatic heterocycles. The Balaban J connectivity index is 2.24. The third-order valence-corrected chi connectivity index (χ3v) is 2.80. The van der Waals surface area contributed by atoms with E-state index < -0.39 is 12.8 Å². The summed E-state index contributed by atoms with van der Waals surface area (Å²) >= 11 is 0. The third-order valence-electron chi connectivity index (χ3n) is 2.80. The van der Waals surface area contributed by atoms with Crippen LogP contribution in [0.5, 0.6) is 0 Å². The van der Waals surface area contributed by atoms with Gasteiger partial charge in [0.25, 0.3) is 0 Å². The first-order valence-electron chi connectivity index (χ1n) is 5.68. The second-order valence-corrected chi connectivity index (χ2v) is 3.94. The number of benzene rings is 1. The molecule has 96 valence electrons. The quantitative estimate of drug-likeness (QED) is 0.608. The first kappa shape index (κ1) is 12.7. The molecule has 1 atom stereocenters. The fraction of sp³-hybridized carbons (Fsp3) is 0.308. The van der Waals surface area contributed by atoms with Crippen LogP contribution in [0.4, 0.5) is 4.39 Å². The topological polar surface area (TPSA) is 62.5 Å². The molecule has 18 heavy (non-hydrogen) atoms. The number of furan rings is 1. The maximum atomic E-state index is 12.3. The number of halogens is 1. The van der Waals surface area contributed by atoms with Gasteiger partial charge in [0.15, 0.2) is 5.78 Å². The zero-order valence-electron chi connectivity index (χ0n) is 9.73. The number of fused-ring (bicyclic) bond motifs is 1. The Morgan fingerprint density at radius 2 is 2.28 bits per heavy atom. The number of alkyl halides is 1. The summed E-state index contributed by atoms with van der Waals surface area (Å²) in [4.78, 5) is 12.1. The standard InChI is InChI=1S/C13H14FNO3/c14-8-15-11(3-5-16)13(17)10-2-1-9-4-6-18-12(9)7-10/h1-2,4,6-7,11,15-16H,3,5,8H2. The van der Waals surface area contributed by atoms with Gasteiger partial charge in [-0.15, -0.1) is 0 Å². The van der Waals surface area contributed by atoms with Crippen molar-refractivity contribution in [1.29, 1.82) is 0 Å². The van der Waals surface area contributed by atoms with Crippen LogP contribution >= 0.6 is 0 Å².